The summed E-state index contributed by atoms with van der Waals surface area (Å²) >= 11 is 0. The van der Waals surface area contributed by atoms with Crippen LogP contribution in [-0.4, -0.2) is 5.78 Å². The van der Waals surface area contributed by atoms with Crippen LogP contribution in [0, 0.1) is 5.82 Å². The third kappa shape index (κ3) is 2.90. The molecule has 0 fully saturated rings. The van der Waals surface area contributed by atoms with Crippen molar-refractivity contribution in [3.05, 3.63) is 89.8 Å². The van der Waals surface area contributed by atoms with Crippen molar-refractivity contribution in [2.24, 2.45) is 0 Å². The van der Waals surface area contributed by atoms with Gasteiger partial charge in [0.25, 0.3) is 0 Å². The highest BCUT2D eigenvalue weighted by atomic mass is 19.1. The minimum absolute atomic E-state index is 0.136. The van der Waals surface area contributed by atoms with E-state index in [-0.39, 0.29) is 11.6 Å². The molecule has 0 amide bonds. The topological polar surface area (TPSA) is 17.1 Å². The second-order valence-corrected chi connectivity index (χ2v) is 4.77. The monoisotopic (exact) mass is 276 g/mol. The number of rotatable bonds is 3. The number of allylic oxidation sites excluding steroid dienone is 1. The number of benzene rings is 3. The fourth-order valence-corrected chi connectivity index (χ4v) is 2.27. The van der Waals surface area contributed by atoms with E-state index in [4.69, 9.17) is 0 Å². The van der Waals surface area contributed by atoms with E-state index < -0.39 is 0 Å². The van der Waals surface area contributed by atoms with Crippen LogP contribution in [0.3, 0.4) is 0 Å². The van der Waals surface area contributed by atoms with E-state index in [1.165, 1.54) is 30.3 Å². The van der Waals surface area contributed by atoms with Crippen molar-refractivity contribution in [3.63, 3.8) is 0 Å². The van der Waals surface area contributed by atoms with Crippen molar-refractivity contribution in [1.82, 2.24) is 0 Å². The van der Waals surface area contributed by atoms with Crippen LogP contribution in [0.15, 0.2) is 72.8 Å². The van der Waals surface area contributed by atoms with Crippen LogP contribution < -0.4 is 0 Å². The molecule has 0 aliphatic heterocycles. The lowest BCUT2D eigenvalue weighted by Crippen LogP contribution is -1.93. The molecule has 3 aromatic carbocycles. The van der Waals surface area contributed by atoms with Crippen molar-refractivity contribution in [1.29, 1.82) is 0 Å². The fourth-order valence-electron chi connectivity index (χ4n) is 2.27. The van der Waals surface area contributed by atoms with Crippen molar-refractivity contribution in [3.8, 4) is 0 Å². The van der Waals surface area contributed by atoms with Crippen LogP contribution in [0.1, 0.15) is 15.9 Å². The quantitative estimate of drug-likeness (QED) is 0.492. The third-order valence-electron chi connectivity index (χ3n) is 3.37. The van der Waals surface area contributed by atoms with Crippen molar-refractivity contribution >= 4 is 22.6 Å². The number of fused-ring (bicyclic) bond motifs is 1. The number of hydrogen-bond donors (Lipinski definition) is 0. The van der Waals surface area contributed by atoms with Gasteiger partial charge in [-0.3, -0.25) is 4.79 Å². The highest BCUT2D eigenvalue weighted by molar-refractivity contribution is 6.07. The smallest absolute Gasteiger partial charge is 0.185 e. The van der Waals surface area contributed by atoms with Gasteiger partial charge < -0.3 is 0 Å². The molecular weight excluding hydrogens is 263 g/mol. The Morgan fingerprint density at radius 3 is 2.38 bits per heavy atom. The number of hydrogen-bond acceptors (Lipinski definition) is 1. The maximum Gasteiger partial charge on any atom is 0.185 e. The zero-order chi connectivity index (χ0) is 14.7. The van der Waals surface area contributed by atoms with Gasteiger partial charge in [0, 0.05) is 5.56 Å². The van der Waals surface area contributed by atoms with Crippen molar-refractivity contribution < 1.29 is 9.18 Å². The van der Waals surface area contributed by atoms with Gasteiger partial charge in [0.2, 0.25) is 0 Å². The predicted molar refractivity (Wildman–Crippen MR) is 83.7 cm³/mol. The van der Waals surface area contributed by atoms with Crippen LogP contribution in [0.4, 0.5) is 4.39 Å². The Morgan fingerprint density at radius 1 is 0.857 bits per heavy atom. The molecule has 0 saturated carbocycles. The number of carbonyl (C=O) groups is 1. The van der Waals surface area contributed by atoms with Crippen molar-refractivity contribution in [2.75, 3.05) is 0 Å². The van der Waals surface area contributed by atoms with E-state index in [1.54, 1.807) is 6.08 Å². The Kier molecular flexibility index (Phi) is 3.61. The standard InChI is InChI=1S/C19H13FO/c20-17-11-8-16(9-12-17)19(21)13-10-15-6-3-5-14-4-1-2-7-18(14)15/h1-13H/b13-10-. The summed E-state index contributed by atoms with van der Waals surface area (Å²) in [5.41, 5.74) is 1.47. The van der Waals surface area contributed by atoms with Gasteiger partial charge in [-0.25, -0.2) is 4.39 Å². The molecule has 21 heavy (non-hydrogen) atoms. The summed E-state index contributed by atoms with van der Waals surface area (Å²) < 4.78 is 12.8. The molecule has 0 saturated heterocycles. The van der Waals surface area contributed by atoms with Crippen LogP contribution in [0.25, 0.3) is 16.8 Å². The number of ketones is 1. The lowest BCUT2D eigenvalue weighted by atomic mass is 10.0. The maximum absolute atomic E-state index is 12.8. The molecule has 0 bridgehead atoms. The molecule has 0 radical (unpaired) electrons. The van der Waals surface area contributed by atoms with Crippen LogP contribution >= 0.6 is 0 Å². The van der Waals surface area contributed by atoms with E-state index >= 15 is 0 Å². The zero-order valence-electron chi connectivity index (χ0n) is 11.3. The Morgan fingerprint density at radius 2 is 1.57 bits per heavy atom. The van der Waals surface area contributed by atoms with Gasteiger partial charge in [0.1, 0.15) is 5.82 Å². The average Bonchev–Trinajstić information content (AvgIpc) is 2.53. The highest BCUT2D eigenvalue weighted by Crippen LogP contribution is 2.19. The van der Waals surface area contributed by atoms with Gasteiger partial charge in [0.05, 0.1) is 0 Å². The third-order valence-corrected chi connectivity index (χ3v) is 3.37. The molecule has 0 aromatic heterocycles. The van der Waals surface area contributed by atoms with E-state index in [0.717, 1.165) is 16.3 Å². The molecule has 3 rings (SSSR count). The summed E-state index contributed by atoms with van der Waals surface area (Å²) in [4.78, 5) is 12.1. The minimum atomic E-state index is -0.343. The van der Waals surface area contributed by atoms with Crippen molar-refractivity contribution in [2.45, 2.75) is 0 Å². The Labute approximate surface area is 122 Å². The van der Waals surface area contributed by atoms with Crippen LogP contribution in [0.5, 0.6) is 0 Å². The molecule has 0 aliphatic carbocycles. The first kappa shape index (κ1) is 13.3. The van der Waals surface area contributed by atoms with Gasteiger partial charge in [-0.15, -0.1) is 0 Å². The van der Waals surface area contributed by atoms with Gasteiger partial charge in [-0.1, -0.05) is 48.5 Å². The molecular formula is C19H13FO. The predicted octanol–water partition coefficient (Wildman–Crippen LogP) is 4.88. The molecule has 102 valence electrons. The van der Waals surface area contributed by atoms with Gasteiger partial charge >= 0.3 is 0 Å². The Balaban J connectivity index is 1.91. The molecule has 0 aliphatic rings. The zero-order valence-corrected chi connectivity index (χ0v) is 11.3. The summed E-state index contributed by atoms with van der Waals surface area (Å²) in [5.74, 6) is -0.479. The second kappa shape index (κ2) is 5.71. The summed E-state index contributed by atoms with van der Waals surface area (Å²) in [6.45, 7) is 0. The van der Waals surface area contributed by atoms with E-state index in [9.17, 15) is 9.18 Å². The van der Waals surface area contributed by atoms with Gasteiger partial charge in [-0.05, 0) is 46.7 Å². The average molecular weight is 276 g/mol. The Bertz CT molecular complexity index is 811. The molecule has 0 unspecified atom stereocenters. The summed E-state index contributed by atoms with van der Waals surface area (Å²) in [6.07, 6.45) is 3.32. The number of carbonyl (C=O) groups excluding carboxylic acids is 1. The molecule has 0 atom stereocenters. The summed E-state index contributed by atoms with van der Waals surface area (Å²) in [6, 6.07) is 19.6. The minimum Gasteiger partial charge on any atom is -0.289 e. The summed E-state index contributed by atoms with van der Waals surface area (Å²) in [7, 11) is 0. The molecule has 3 aromatic rings. The highest BCUT2D eigenvalue weighted by Gasteiger charge is 2.02. The Hall–Kier alpha value is -2.74. The first-order chi connectivity index (χ1) is 10.2. The summed E-state index contributed by atoms with van der Waals surface area (Å²) in [5, 5.41) is 2.23. The molecule has 2 heteroatoms. The molecule has 0 spiro atoms. The fraction of sp³-hybridized carbons (Fsp3) is 0. The lowest BCUT2D eigenvalue weighted by molar-refractivity contribution is 0.104. The molecule has 1 nitrogen and oxygen atoms in total. The first-order valence-electron chi connectivity index (χ1n) is 6.70. The second-order valence-electron chi connectivity index (χ2n) is 4.77. The van der Waals surface area contributed by atoms with E-state index in [1.807, 2.05) is 42.5 Å². The molecule has 0 heterocycles. The van der Waals surface area contributed by atoms with Crippen LogP contribution in [0.2, 0.25) is 0 Å². The lowest BCUT2D eigenvalue weighted by Gasteiger charge is -2.01. The maximum atomic E-state index is 12.8. The largest absolute Gasteiger partial charge is 0.289 e. The first-order valence-corrected chi connectivity index (χ1v) is 6.70. The van der Waals surface area contributed by atoms with E-state index in [0.29, 0.717) is 5.56 Å². The number of halogens is 1. The van der Waals surface area contributed by atoms with E-state index in [2.05, 4.69) is 0 Å². The SMILES string of the molecule is O=C(/C=C\c1cccc2ccccc12)c1ccc(F)cc1. The van der Waals surface area contributed by atoms with Gasteiger partial charge in [-0.2, -0.15) is 0 Å². The normalized spacial score (nSPS) is 11.1. The van der Waals surface area contributed by atoms with Gasteiger partial charge in [0.15, 0.2) is 5.78 Å². The molecule has 0 N–H and O–H groups in total. The van der Waals surface area contributed by atoms with Crippen LogP contribution in [-0.2, 0) is 0 Å².